The maximum absolute atomic E-state index is 15.3. The zero-order chi connectivity index (χ0) is 22.5. The first-order chi connectivity index (χ1) is 15.8. The molecule has 33 heavy (non-hydrogen) atoms. The molecule has 2 aromatic heterocycles. The Kier molecular flexibility index (Phi) is 4.20. The highest BCUT2D eigenvalue weighted by Gasteiger charge is 2.58. The van der Waals surface area contributed by atoms with Crippen molar-refractivity contribution in [2.75, 3.05) is 24.6 Å². The standard InChI is InChI=1S/C23H25ClFN5O2S/c24-20-3-15-8-27-30(16-9-26-29(10-16)23-5-14(6-23)7-23)22(15)4-19(20)18-1-2-28(11-21(18)25)17-12-33(31,32)13-17/h3-4,8-10,14,17-18,21H,1-2,5-7,11-13H2/t14?,18?,21-,23?/m1/s1. The van der Waals surface area contributed by atoms with Crippen LogP contribution >= 0.6 is 11.6 Å². The van der Waals surface area contributed by atoms with Gasteiger partial charge < -0.3 is 0 Å². The minimum Gasteiger partial charge on any atom is -0.295 e. The number of benzene rings is 1. The molecule has 4 heterocycles. The molecule has 3 aromatic rings. The van der Waals surface area contributed by atoms with Crippen LogP contribution in [0.1, 0.15) is 37.2 Å². The summed E-state index contributed by atoms with van der Waals surface area (Å²) in [6, 6.07) is 3.80. The highest BCUT2D eigenvalue weighted by Crippen LogP contribution is 2.62. The first-order valence-corrected chi connectivity index (χ1v) is 13.8. The van der Waals surface area contributed by atoms with Gasteiger partial charge in [0.25, 0.3) is 0 Å². The Morgan fingerprint density at radius 3 is 2.58 bits per heavy atom. The number of halogens is 2. The average molecular weight is 490 g/mol. The van der Waals surface area contributed by atoms with Gasteiger partial charge in [-0.15, -0.1) is 0 Å². The minimum absolute atomic E-state index is 0.0498. The fraction of sp³-hybridized carbons (Fsp3) is 0.565. The van der Waals surface area contributed by atoms with Crippen LogP contribution in [0, 0.1) is 5.92 Å². The van der Waals surface area contributed by atoms with Crippen molar-refractivity contribution < 1.29 is 12.8 Å². The van der Waals surface area contributed by atoms with Crippen LogP contribution in [0.25, 0.3) is 16.6 Å². The average Bonchev–Trinajstić information content (AvgIpc) is 3.30. The molecule has 5 fully saturated rings. The van der Waals surface area contributed by atoms with Crippen molar-refractivity contribution in [2.45, 2.75) is 49.4 Å². The molecule has 0 N–H and O–H groups in total. The predicted octanol–water partition coefficient (Wildman–Crippen LogP) is 3.31. The maximum Gasteiger partial charge on any atom is 0.153 e. The summed E-state index contributed by atoms with van der Waals surface area (Å²) in [5, 5.41) is 10.7. The fourth-order valence-corrected chi connectivity index (χ4v) is 8.11. The Bertz CT molecular complexity index is 1360. The van der Waals surface area contributed by atoms with Gasteiger partial charge in [0.05, 0.1) is 41.2 Å². The fourth-order valence-electron chi connectivity index (χ4n) is 6.31. The van der Waals surface area contributed by atoms with Crippen LogP contribution in [0.3, 0.4) is 0 Å². The monoisotopic (exact) mass is 489 g/mol. The lowest BCUT2D eigenvalue weighted by molar-refractivity contribution is -0.0977. The molecular formula is C23H25ClFN5O2S. The Balaban J connectivity index is 1.17. The Morgan fingerprint density at radius 1 is 1.12 bits per heavy atom. The van der Waals surface area contributed by atoms with Crippen LogP contribution in [0.2, 0.25) is 5.02 Å². The van der Waals surface area contributed by atoms with E-state index in [0.717, 1.165) is 28.1 Å². The molecule has 5 aliphatic rings. The summed E-state index contributed by atoms with van der Waals surface area (Å²) in [5.74, 6) is 0.848. The summed E-state index contributed by atoms with van der Waals surface area (Å²) < 4.78 is 42.3. The number of sulfone groups is 1. The van der Waals surface area contributed by atoms with Gasteiger partial charge in [0, 0.05) is 28.9 Å². The van der Waals surface area contributed by atoms with Gasteiger partial charge in [-0.2, -0.15) is 10.2 Å². The lowest BCUT2D eigenvalue weighted by Crippen LogP contribution is -2.59. The van der Waals surface area contributed by atoms with E-state index in [0.29, 0.717) is 18.0 Å². The van der Waals surface area contributed by atoms with Crippen molar-refractivity contribution in [3.8, 4) is 5.69 Å². The molecular weight excluding hydrogens is 465 g/mol. The SMILES string of the molecule is O=S1(=O)CC(N2CCC(c3cc4c(cnn4-c4cnn(C56CC(C5)C6)c4)cc3Cl)[C@H](F)C2)C1. The Morgan fingerprint density at radius 2 is 1.91 bits per heavy atom. The molecule has 2 bridgehead atoms. The molecule has 1 aromatic carbocycles. The molecule has 0 amide bonds. The van der Waals surface area contributed by atoms with E-state index >= 15 is 4.39 Å². The molecule has 3 aliphatic carbocycles. The van der Waals surface area contributed by atoms with E-state index in [-0.39, 0.29) is 35.5 Å². The second-order valence-corrected chi connectivity index (χ2v) is 13.0. The van der Waals surface area contributed by atoms with Crippen molar-refractivity contribution in [3.63, 3.8) is 0 Å². The van der Waals surface area contributed by atoms with Gasteiger partial charge in [-0.3, -0.25) is 9.58 Å². The topological polar surface area (TPSA) is 73.0 Å². The summed E-state index contributed by atoms with van der Waals surface area (Å²) in [6.45, 7) is 0.920. The Hall–Kier alpha value is -1.97. The summed E-state index contributed by atoms with van der Waals surface area (Å²) in [6.07, 6.45) is 8.88. The number of likely N-dealkylation sites (tertiary alicyclic amines) is 1. The van der Waals surface area contributed by atoms with Crippen molar-refractivity contribution in [1.29, 1.82) is 0 Å². The minimum atomic E-state index is -2.92. The molecule has 8 rings (SSSR count). The predicted molar refractivity (Wildman–Crippen MR) is 123 cm³/mol. The van der Waals surface area contributed by atoms with Crippen molar-refractivity contribution in [3.05, 3.63) is 41.3 Å². The third-order valence-corrected chi connectivity index (χ3v) is 10.5. The highest BCUT2D eigenvalue weighted by molar-refractivity contribution is 7.92. The zero-order valence-corrected chi connectivity index (χ0v) is 19.6. The Labute approximate surface area is 196 Å². The van der Waals surface area contributed by atoms with Crippen LogP contribution in [-0.4, -0.2) is 69.7 Å². The van der Waals surface area contributed by atoms with Crippen LogP contribution < -0.4 is 0 Å². The van der Waals surface area contributed by atoms with Crippen molar-refractivity contribution >= 4 is 32.3 Å². The second kappa shape index (κ2) is 6.79. The first kappa shape index (κ1) is 20.4. The first-order valence-electron chi connectivity index (χ1n) is 11.6. The smallest absolute Gasteiger partial charge is 0.153 e. The number of aromatic nitrogens is 4. The molecule has 174 valence electrons. The molecule has 2 atom stereocenters. The molecule has 2 aliphatic heterocycles. The number of rotatable bonds is 4. The van der Waals surface area contributed by atoms with Gasteiger partial charge in [0.1, 0.15) is 11.9 Å². The van der Waals surface area contributed by atoms with Gasteiger partial charge in [0.2, 0.25) is 0 Å². The van der Waals surface area contributed by atoms with Gasteiger partial charge in [-0.1, -0.05) is 11.6 Å². The van der Waals surface area contributed by atoms with Gasteiger partial charge >= 0.3 is 0 Å². The highest BCUT2D eigenvalue weighted by atomic mass is 35.5. The van der Waals surface area contributed by atoms with E-state index in [1.807, 2.05) is 27.9 Å². The van der Waals surface area contributed by atoms with Crippen LogP contribution in [0.4, 0.5) is 4.39 Å². The number of hydrogen-bond acceptors (Lipinski definition) is 5. The van der Waals surface area contributed by atoms with E-state index in [9.17, 15) is 8.42 Å². The summed E-state index contributed by atoms with van der Waals surface area (Å²) in [5.41, 5.74) is 2.81. The van der Waals surface area contributed by atoms with E-state index < -0.39 is 16.0 Å². The van der Waals surface area contributed by atoms with Crippen LogP contribution in [0.15, 0.2) is 30.7 Å². The quantitative estimate of drug-likeness (QED) is 0.562. The summed E-state index contributed by atoms with van der Waals surface area (Å²) in [4.78, 5) is 1.98. The molecule has 10 heteroatoms. The van der Waals surface area contributed by atoms with Crippen LogP contribution in [0.5, 0.6) is 0 Å². The molecule has 2 saturated heterocycles. The van der Waals surface area contributed by atoms with Crippen molar-refractivity contribution in [2.24, 2.45) is 5.92 Å². The van der Waals surface area contributed by atoms with Crippen LogP contribution in [-0.2, 0) is 15.4 Å². The number of fused-ring (bicyclic) bond motifs is 1. The van der Waals surface area contributed by atoms with E-state index in [1.54, 1.807) is 6.20 Å². The third kappa shape index (κ3) is 3.04. The van der Waals surface area contributed by atoms with Gasteiger partial charge in [0.15, 0.2) is 9.84 Å². The molecule has 1 unspecified atom stereocenters. The largest absolute Gasteiger partial charge is 0.295 e. The zero-order valence-electron chi connectivity index (χ0n) is 18.1. The second-order valence-electron chi connectivity index (χ2n) is 10.5. The van der Waals surface area contributed by atoms with E-state index in [1.165, 1.54) is 19.3 Å². The number of piperidine rings is 1. The molecule has 3 saturated carbocycles. The lowest BCUT2D eigenvalue weighted by Gasteiger charge is -2.61. The molecule has 0 radical (unpaired) electrons. The lowest BCUT2D eigenvalue weighted by atomic mass is 9.50. The van der Waals surface area contributed by atoms with Gasteiger partial charge in [-0.25, -0.2) is 17.5 Å². The molecule has 0 spiro atoms. The van der Waals surface area contributed by atoms with E-state index in [4.69, 9.17) is 11.6 Å². The molecule has 7 nitrogen and oxygen atoms in total. The van der Waals surface area contributed by atoms with Crippen molar-refractivity contribution in [1.82, 2.24) is 24.5 Å². The number of alkyl halides is 1. The normalized spacial score (nSPS) is 33.5. The van der Waals surface area contributed by atoms with Gasteiger partial charge in [-0.05, 0) is 55.8 Å². The number of hydrogen-bond donors (Lipinski definition) is 0. The van der Waals surface area contributed by atoms with E-state index in [2.05, 4.69) is 21.1 Å². The summed E-state index contributed by atoms with van der Waals surface area (Å²) in [7, 11) is -2.92. The maximum atomic E-state index is 15.3. The third-order valence-electron chi connectivity index (χ3n) is 8.37. The summed E-state index contributed by atoms with van der Waals surface area (Å²) >= 11 is 6.61. The number of nitrogens with zero attached hydrogens (tertiary/aromatic N) is 5.